The van der Waals surface area contributed by atoms with E-state index in [2.05, 4.69) is 34.1 Å². The molecule has 0 unspecified atom stereocenters. The van der Waals surface area contributed by atoms with E-state index in [4.69, 9.17) is 5.73 Å². The molecule has 2 N–H and O–H groups in total. The van der Waals surface area contributed by atoms with Gasteiger partial charge in [0.25, 0.3) is 0 Å². The Labute approximate surface area is 107 Å². The summed E-state index contributed by atoms with van der Waals surface area (Å²) < 4.78 is 0. The van der Waals surface area contributed by atoms with Crippen molar-refractivity contribution in [1.29, 1.82) is 0 Å². The van der Waals surface area contributed by atoms with Crippen LogP contribution in [0.5, 0.6) is 0 Å². The fourth-order valence-corrected chi connectivity index (χ4v) is 2.52. The molecule has 0 saturated carbocycles. The molecular formula is C15H17N3. The molecule has 1 aliphatic rings. The lowest BCUT2D eigenvalue weighted by molar-refractivity contribution is 0.245. The lowest BCUT2D eigenvalue weighted by atomic mass is 9.99. The lowest BCUT2D eigenvalue weighted by Gasteiger charge is -2.28. The number of aromatic nitrogens is 1. The zero-order valence-electron chi connectivity index (χ0n) is 10.3. The molecule has 18 heavy (non-hydrogen) atoms. The summed E-state index contributed by atoms with van der Waals surface area (Å²) in [4.78, 5) is 6.51. The molecule has 92 valence electrons. The van der Waals surface area contributed by atoms with Crippen molar-refractivity contribution in [2.75, 3.05) is 12.3 Å². The summed E-state index contributed by atoms with van der Waals surface area (Å²) in [6.07, 6.45) is 4.82. The van der Waals surface area contributed by atoms with Gasteiger partial charge in [0, 0.05) is 37.7 Å². The fourth-order valence-electron chi connectivity index (χ4n) is 2.52. The number of hydrogen-bond donors (Lipinski definition) is 1. The molecule has 2 aromatic rings. The van der Waals surface area contributed by atoms with Crippen molar-refractivity contribution in [2.24, 2.45) is 0 Å². The van der Waals surface area contributed by atoms with Gasteiger partial charge in [0.05, 0.1) is 0 Å². The summed E-state index contributed by atoms with van der Waals surface area (Å²) in [6.45, 7) is 3.08. The first-order valence-electron chi connectivity index (χ1n) is 6.30. The maximum absolute atomic E-state index is 5.85. The topological polar surface area (TPSA) is 42.1 Å². The third-order valence-corrected chi connectivity index (χ3v) is 3.48. The Hall–Kier alpha value is -1.87. The highest BCUT2D eigenvalue weighted by molar-refractivity contribution is 5.45. The highest BCUT2D eigenvalue weighted by Gasteiger charge is 2.16. The van der Waals surface area contributed by atoms with Crippen molar-refractivity contribution in [3.05, 3.63) is 59.4 Å². The molecule has 3 rings (SSSR count). The molecule has 1 aliphatic heterocycles. The Kier molecular flexibility index (Phi) is 2.99. The van der Waals surface area contributed by atoms with Crippen molar-refractivity contribution < 1.29 is 0 Å². The normalized spacial score (nSPS) is 15.3. The van der Waals surface area contributed by atoms with E-state index < -0.39 is 0 Å². The van der Waals surface area contributed by atoms with Crippen molar-refractivity contribution in [3.63, 3.8) is 0 Å². The molecule has 0 fully saturated rings. The molecule has 3 nitrogen and oxygen atoms in total. The van der Waals surface area contributed by atoms with Crippen LogP contribution in [0, 0.1) is 0 Å². The number of nitrogens with zero attached hydrogens (tertiary/aromatic N) is 2. The van der Waals surface area contributed by atoms with Crippen LogP contribution in [0.25, 0.3) is 0 Å². The van der Waals surface area contributed by atoms with Gasteiger partial charge in [0.15, 0.2) is 0 Å². The van der Waals surface area contributed by atoms with E-state index in [1.807, 2.05) is 18.5 Å². The van der Waals surface area contributed by atoms with Gasteiger partial charge in [-0.2, -0.15) is 0 Å². The van der Waals surface area contributed by atoms with E-state index in [-0.39, 0.29) is 0 Å². The molecule has 0 atom stereocenters. The van der Waals surface area contributed by atoms with Crippen LogP contribution < -0.4 is 5.73 Å². The third kappa shape index (κ3) is 2.36. The first-order valence-corrected chi connectivity index (χ1v) is 6.30. The Morgan fingerprint density at radius 3 is 2.78 bits per heavy atom. The summed E-state index contributed by atoms with van der Waals surface area (Å²) in [6, 6.07) is 10.4. The van der Waals surface area contributed by atoms with Gasteiger partial charge in [-0.15, -0.1) is 0 Å². The van der Waals surface area contributed by atoms with Crippen LogP contribution in [0.15, 0.2) is 42.7 Å². The van der Waals surface area contributed by atoms with Gasteiger partial charge in [0.1, 0.15) is 0 Å². The van der Waals surface area contributed by atoms with Crippen LogP contribution in [0.2, 0.25) is 0 Å². The Balaban J connectivity index is 1.75. The first-order chi connectivity index (χ1) is 8.81. The minimum absolute atomic E-state index is 0.861. The van der Waals surface area contributed by atoms with E-state index in [9.17, 15) is 0 Å². The van der Waals surface area contributed by atoms with E-state index in [0.717, 1.165) is 31.7 Å². The standard InChI is InChI=1S/C15H17N3/c16-15-2-1-13-5-8-18(11-14(13)9-15)10-12-3-6-17-7-4-12/h1-4,6-7,9H,5,8,10-11,16H2. The largest absolute Gasteiger partial charge is 0.399 e. The van der Waals surface area contributed by atoms with E-state index in [0.29, 0.717) is 0 Å². The number of nitrogens with two attached hydrogens (primary N) is 1. The van der Waals surface area contributed by atoms with Gasteiger partial charge in [-0.1, -0.05) is 6.07 Å². The number of hydrogen-bond acceptors (Lipinski definition) is 3. The second kappa shape index (κ2) is 4.78. The quantitative estimate of drug-likeness (QED) is 0.817. The molecule has 0 radical (unpaired) electrons. The summed E-state index contributed by atoms with van der Waals surface area (Å²) in [5, 5.41) is 0. The molecule has 0 bridgehead atoms. The Morgan fingerprint density at radius 1 is 1.11 bits per heavy atom. The zero-order valence-corrected chi connectivity index (χ0v) is 10.3. The summed E-state index contributed by atoms with van der Waals surface area (Å²) in [5.41, 5.74) is 10.8. The predicted octanol–water partition coefficient (Wildman–Crippen LogP) is 2.22. The van der Waals surface area contributed by atoms with Gasteiger partial charge in [-0.05, 0) is 47.4 Å². The van der Waals surface area contributed by atoms with Crippen LogP contribution in [0.4, 0.5) is 5.69 Å². The molecule has 1 aromatic carbocycles. The van der Waals surface area contributed by atoms with Crippen LogP contribution in [-0.4, -0.2) is 16.4 Å². The molecule has 0 aliphatic carbocycles. The molecular weight excluding hydrogens is 222 g/mol. The first kappa shape index (κ1) is 11.2. The predicted molar refractivity (Wildman–Crippen MR) is 72.9 cm³/mol. The van der Waals surface area contributed by atoms with Gasteiger partial charge in [0.2, 0.25) is 0 Å². The summed E-state index contributed by atoms with van der Waals surface area (Å²) >= 11 is 0. The highest BCUT2D eigenvalue weighted by atomic mass is 15.1. The van der Waals surface area contributed by atoms with E-state index >= 15 is 0 Å². The maximum atomic E-state index is 5.85. The smallest absolute Gasteiger partial charge is 0.0317 e. The summed E-state index contributed by atoms with van der Waals surface area (Å²) in [7, 11) is 0. The van der Waals surface area contributed by atoms with Crippen molar-refractivity contribution in [3.8, 4) is 0 Å². The van der Waals surface area contributed by atoms with Crippen LogP contribution >= 0.6 is 0 Å². The minimum atomic E-state index is 0.861. The van der Waals surface area contributed by atoms with Crippen LogP contribution in [-0.2, 0) is 19.5 Å². The number of pyridine rings is 1. The van der Waals surface area contributed by atoms with Gasteiger partial charge in [-0.3, -0.25) is 9.88 Å². The van der Waals surface area contributed by atoms with Crippen molar-refractivity contribution in [2.45, 2.75) is 19.5 Å². The average Bonchev–Trinajstić information content (AvgIpc) is 2.39. The molecule has 0 spiro atoms. The van der Waals surface area contributed by atoms with Crippen molar-refractivity contribution in [1.82, 2.24) is 9.88 Å². The SMILES string of the molecule is Nc1ccc2c(c1)CN(Cc1ccncc1)CC2. The monoisotopic (exact) mass is 239 g/mol. The van der Waals surface area contributed by atoms with Gasteiger partial charge >= 0.3 is 0 Å². The van der Waals surface area contributed by atoms with E-state index in [1.54, 1.807) is 0 Å². The molecule has 1 aromatic heterocycles. The Bertz CT molecular complexity index is 537. The molecule has 3 heteroatoms. The third-order valence-electron chi connectivity index (χ3n) is 3.48. The molecule has 2 heterocycles. The van der Waals surface area contributed by atoms with Crippen molar-refractivity contribution >= 4 is 5.69 Å². The minimum Gasteiger partial charge on any atom is -0.399 e. The number of benzene rings is 1. The number of fused-ring (bicyclic) bond motifs is 1. The molecule has 0 amide bonds. The van der Waals surface area contributed by atoms with Gasteiger partial charge < -0.3 is 5.73 Å². The second-order valence-electron chi connectivity index (χ2n) is 4.84. The number of nitrogen functional groups attached to an aromatic ring is 1. The Morgan fingerprint density at radius 2 is 1.94 bits per heavy atom. The van der Waals surface area contributed by atoms with Crippen LogP contribution in [0.3, 0.4) is 0 Å². The fraction of sp³-hybridized carbons (Fsp3) is 0.267. The van der Waals surface area contributed by atoms with E-state index in [1.165, 1.54) is 16.7 Å². The average molecular weight is 239 g/mol. The van der Waals surface area contributed by atoms with Crippen LogP contribution in [0.1, 0.15) is 16.7 Å². The number of rotatable bonds is 2. The maximum Gasteiger partial charge on any atom is 0.0317 e. The zero-order chi connectivity index (χ0) is 12.4. The summed E-state index contributed by atoms with van der Waals surface area (Å²) in [5.74, 6) is 0. The molecule has 0 saturated heterocycles. The second-order valence-corrected chi connectivity index (χ2v) is 4.84. The number of anilines is 1. The lowest BCUT2D eigenvalue weighted by Crippen LogP contribution is -2.30. The van der Waals surface area contributed by atoms with Gasteiger partial charge in [-0.25, -0.2) is 0 Å². The highest BCUT2D eigenvalue weighted by Crippen LogP contribution is 2.22.